The Morgan fingerprint density at radius 1 is 1.33 bits per heavy atom. The average molecular weight is 285 g/mol. The first kappa shape index (κ1) is 13.8. The third-order valence-electron chi connectivity index (χ3n) is 4.72. The van der Waals surface area contributed by atoms with Gasteiger partial charge >= 0.3 is 5.97 Å². The van der Waals surface area contributed by atoms with Crippen LogP contribution in [0.5, 0.6) is 0 Å². The van der Waals surface area contributed by atoms with Crippen molar-refractivity contribution in [1.82, 2.24) is 10.2 Å². The van der Waals surface area contributed by atoms with Crippen LogP contribution >= 0.6 is 0 Å². The van der Waals surface area contributed by atoms with E-state index < -0.39 is 11.4 Å². The Bertz CT molecular complexity index is 658. The van der Waals surface area contributed by atoms with Gasteiger partial charge in [-0.05, 0) is 25.3 Å². The predicted molar refractivity (Wildman–Crippen MR) is 81.3 cm³/mol. The molecule has 2 aromatic rings. The summed E-state index contributed by atoms with van der Waals surface area (Å²) in [6, 6.07) is 7.93. The van der Waals surface area contributed by atoms with E-state index in [1.807, 2.05) is 31.2 Å². The molecule has 21 heavy (non-hydrogen) atoms. The zero-order valence-electron chi connectivity index (χ0n) is 12.1. The van der Waals surface area contributed by atoms with Crippen molar-refractivity contribution < 1.29 is 9.90 Å². The lowest BCUT2D eigenvalue weighted by Crippen LogP contribution is -2.44. The average Bonchev–Trinajstić information content (AvgIpc) is 2.54. The van der Waals surface area contributed by atoms with Crippen molar-refractivity contribution in [3.05, 3.63) is 30.5 Å². The Labute approximate surface area is 123 Å². The van der Waals surface area contributed by atoms with Crippen LogP contribution in [0, 0.1) is 5.41 Å². The van der Waals surface area contributed by atoms with E-state index in [-0.39, 0.29) is 0 Å². The summed E-state index contributed by atoms with van der Waals surface area (Å²) in [5.41, 5.74) is 1.36. The fourth-order valence-electron chi connectivity index (χ4n) is 3.14. The van der Waals surface area contributed by atoms with Crippen molar-refractivity contribution >= 4 is 22.6 Å². The summed E-state index contributed by atoms with van der Waals surface area (Å²) >= 11 is 0. The lowest BCUT2D eigenvalue weighted by molar-refractivity contribution is -0.150. The number of carboxylic acid groups (broad SMARTS) is 1. The van der Waals surface area contributed by atoms with Crippen LogP contribution in [0.4, 0.5) is 5.69 Å². The first-order chi connectivity index (χ1) is 10.2. The Hall–Kier alpha value is -2.17. The summed E-state index contributed by atoms with van der Waals surface area (Å²) in [6.07, 6.45) is 3.82. The second-order valence-electron chi connectivity index (χ2n) is 5.67. The van der Waals surface area contributed by atoms with Crippen molar-refractivity contribution in [1.29, 1.82) is 0 Å². The number of rotatable bonds is 3. The molecule has 0 bridgehead atoms. The topological polar surface area (TPSA) is 66.3 Å². The van der Waals surface area contributed by atoms with Crippen LogP contribution in [-0.4, -0.2) is 34.4 Å². The normalized spacial score (nSPS) is 17.9. The second-order valence-corrected chi connectivity index (χ2v) is 5.67. The first-order valence-electron chi connectivity index (χ1n) is 7.35. The van der Waals surface area contributed by atoms with Gasteiger partial charge in [-0.3, -0.25) is 4.79 Å². The number of carbonyl (C=O) groups is 1. The number of anilines is 1. The van der Waals surface area contributed by atoms with Gasteiger partial charge < -0.3 is 10.0 Å². The van der Waals surface area contributed by atoms with Gasteiger partial charge in [-0.2, -0.15) is 10.2 Å². The molecule has 1 saturated heterocycles. The highest BCUT2D eigenvalue weighted by molar-refractivity contribution is 5.90. The van der Waals surface area contributed by atoms with Crippen LogP contribution in [0.1, 0.15) is 26.2 Å². The molecule has 3 rings (SSSR count). The molecular weight excluding hydrogens is 266 g/mol. The van der Waals surface area contributed by atoms with Crippen molar-refractivity contribution in [2.24, 2.45) is 5.41 Å². The van der Waals surface area contributed by atoms with E-state index in [1.165, 1.54) is 0 Å². The molecule has 2 heterocycles. The number of benzene rings is 1. The second kappa shape index (κ2) is 5.31. The number of hydrogen-bond donors (Lipinski definition) is 1. The molecule has 0 amide bonds. The van der Waals surface area contributed by atoms with Crippen LogP contribution in [0.15, 0.2) is 30.5 Å². The van der Waals surface area contributed by atoms with E-state index >= 15 is 0 Å². The lowest BCUT2D eigenvalue weighted by atomic mass is 9.76. The molecule has 5 nitrogen and oxygen atoms in total. The van der Waals surface area contributed by atoms with Gasteiger partial charge in [0.1, 0.15) is 0 Å². The number of nitrogens with zero attached hydrogens (tertiary/aromatic N) is 3. The molecule has 1 aliphatic heterocycles. The van der Waals surface area contributed by atoms with Gasteiger partial charge in [-0.15, -0.1) is 0 Å². The zero-order chi connectivity index (χ0) is 14.9. The molecule has 0 spiro atoms. The summed E-state index contributed by atoms with van der Waals surface area (Å²) < 4.78 is 0. The fraction of sp³-hybridized carbons (Fsp3) is 0.438. The maximum atomic E-state index is 11.5. The van der Waals surface area contributed by atoms with Crippen molar-refractivity contribution in [3.8, 4) is 0 Å². The number of piperidine rings is 1. The van der Waals surface area contributed by atoms with Gasteiger partial charge in [0.25, 0.3) is 0 Å². The standard InChI is InChI=1S/C16H19N3O2/c1-2-16(15(20)21)7-9-19(10-8-16)14-11-17-18-13-6-4-3-5-12(13)14/h3-6,11H,2,7-10H2,1H3,(H,20,21). The number of fused-ring (bicyclic) bond motifs is 1. The van der Waals surface area contributed by atoms with Crippen LogP contribution in [0.2, 0.25) is 0 Å². The highest BCUT2D eigenvalue weighted by Crippen LogP contribution is 2.37. The summed E-state index contributed by atoms with van der Waals surface area (Å²) in [6.45, 7) is 3.46. The van der Waals surface area contributed by atoms with Gasteiger partial charge in [-0.25, -0.2) is 0 Å². The molecule has 5 heteroatoms. The summed E-state index contributed by atoms with van der Waals surface area (Å²) in [5.74, 6) is -0.664. The third kappa shape index (κ3) is 2.33. The molecule has 0 atom stereocenters. The van der Waals surface area contributed by atoms with Gasteiger partial charge in [0, 0.05) is 18.5 Å². The molecule has 0 saturated carbocycles. The minimum Gasteiger partial charge on any atom is -0.481 e. The highest BCUT2D eigenvalue weighted by Gasteiger charge is 2.40. The molecule has 1 aliphatic rings. The summed E-state index contributed by atoms with van der Waals surface area (Å²) in [4.78, 5) is 13.8. The van der Waals surface area contributed by atoms with Crippen LogP contribution < -0.4 is 4.90 Å². The smallest absolute Gasteiger partial charge is 0.309 e. The Morgan fingerprint density at radius 3 is 2.71 bits per heavy atom. The Morgan fingerprint density at radius 2 is 2.05 bits per heavy atom. The fourth-order valence-corrected chi connectivity index (χ4v) is 3.14. The maximum Gasteiger partial charge on any atom is 0.309 e. The Kier molecular flexibility index (Phi) is 3.49. The van der Waals surface area contributed by atoms with Crippen molar-refractivity contribution in [2.45, 2.75) is 26.2 Å². The molecule has 1 fully saturated rings. The van der Waals surface area contributed by atoms with E-state index in [0.29, 0.717) is 19.3 Å². The van der Waals surface area contributed by atoms with Crippen LogP contribution in [0.25, 0.3) is 10.9 Å². The molecule has 110 valence electrons. The number of aromatic nitrogens is 2. The molecule has 1 N–H and O–H groups in total. The summed E-state index contributed by atoms with van der Waals surface area (Å²) in [7, 11) is 0. The zero-order valence-corrected chi connectivity index (χ0v) is 12.1. The summed E-state index contributed by atoms with van der Waals surface area (Å²) in [5, 5.41) is 18.8. The van der Waals surface area contributed by atoms with Crippen LogP contribution in [0.3, 0.4) is 0 Å². The number of carboxylic acids is 1. The van der Waals surface area contributed by atoms with Gasteiger partial charge in [-0.1, -0.05) is 25.1 Å². The van der Waals surface area contributed by atoms with E-state index in [1.54, 1.807) is 6.20 Å². The monoisotopic (exact) mass is 285 g/mol. The molecule has 1 aromatic carbocycles. The molecule has 0 unspecified atom stereocenters. The SMILES string of the molecule is CCC1(C(=O)O)CCN(c2cnnc3ccccc23)CC1. The minimum absolute atomic E-state index is 0.563. The van der Waals surface area contributed by atoms with E-state index in [4.69, 9.17) is 0 Å². The predicted octanol–water partition coefficient (Wildman–Crippen LogP) is 2.71. The Balaban J connectivity index is 1.88. The highest BCUT2D eigenvalue weighted by atomic mass is 16.4. The number of aliphatic carboxylic acids is 1. The lowest BCUT2D eigenvalue weighted by Gasteiger charge is -2.39. The molecule has 0 radical (unpaired) electrons. The van der Waals surface area contributed by atoms with Gasteiger partial charge in [0.05, 0.1) is 22.8 Å². The van der Waals surface area contributed by atoms with Crippen molar-refractivity contribution in [2.75, 3.05) is 18.0 Å². The first-order valence-corrected chi connectivity index (χ1v) is 7.35. The third-order valence-corrected chi connectivity index (χ3v) is 4.72. The van der Waals surface area contributed by atoms with Gasteiger partial charge in [0.15, 0.2) is 0 Å². The largest absolute Gasteiger partial charge is 0.481 e. The number of hydrogen-bond acceptors (Lipinski definition) is 4. The van der Waals surface area contributed by atoms with Gasteiger partial charge in [0.2, 0.25) is 0 Å². The van der Waals surface area contributed by atoms with E-state index in [9.17, 15) is 9.90 Å². The maximum absolute atomic E-state index is 11.5. The van der Waals surface area contributed by atoms with E-state index in [2.05, 4.69) is 15.1 Å². The quantitative estimate of drug-likeness (QED) is 0.939. The van der Waals surface area contributed by atoms with Crippen molar-refractivity contribution in [3.63, 3.8) is 0 Å². The van der Waals surface area contributed by atoms with E-state index in [0.717, 1.165) is 29.7 Å². The molecular formula is C16H19N3O2. The minimum atomic E-state index is -0.664. The molecule has 1 aromatic heterocycles. The van der Waals surface area contributed by atoms with Crippen LogP contribution in [-0.2, 0) is 4.79 Å². The molecule has 0 aliphatic carbocycles.